The van der Waals surface area contributed by atoms with E-state index in [0.29, 0.717) is 17.6 Å². The van der Waals surface area contributed by atoms with Gasteiger partial charge in [0.15, 0.2) is 0 Å². The Labute approximate surface area is 110 Å². The first-order valence-electron chi connectivity index (χ1n) is 6.31. The molecule has 2 atom stereocenters. The first-order chi connectivity index (χ1) is 9.02. The van der Waals surface area contributed by atoms with Gasteiger partial charge in [0.25, 0.3) is 5.69 Å². The van der Waals surface area contributed by atoms with E-state index in [-0.39, 0.29) is 11.3 Å². The van der Waals surface area contributed by atoms with Gasteiger partial charge in [-0.1, -0.05) is 13.3 Å². The zero-order valence-corrected chi connectivity index (χ0v) is 10.6. The molecule has 1 aromatic carbocycles. The number of hydrogen-bond acceptors (Lipinski definition) is 4. The second kappa shape index (κ2) is 5.26. The van der Waals surface area contributed by atoms with Crippen LogP contribution in [0.25, 0.3) is 0 Å². The smallest absolute Gasteiger partial charge is 0.342 e. The van der Waals surface area contributed by atoms with Crippen LogP contribution in [0.3, 0.4) is 0 Å². The normalized spacial score (nSPS) is 20.9. The minimum absolute atomic E-state index is 0.281. The zero-order chi connectivity index (χ0) is 14.0. The highest BCUT2D eigenvalue weighted by molar-refractivity contribution is 5.93. The number of carboxylic acids is 1. The average Bonchev–Trinajstić information content (AvgIpc) is 3.07. The molecule has 1 fully saturated rings. The van der Waals surface area contributed by atoms with E-state index in [4.69, 9.17) is 5.11 Å². The van der Waals surface area contributed by atoms with Crippen molar-refractivity contribution < 1.29 is 14.8 Å². The van der Waals surface area contributed by atoms with Crippen molar-refractivity contribution in [1.29, 1.82) is 0 Å². The molecule has 0 bridgehead atoms. The van der Waals surface area contributed by atoms with Crippen molar-refractivity contribution in [3.8, 4) is 0 Å². The summed E-state index contributed by atoms with van der Waals surface area (Å²) in [5.74, 6) is -0.656. The summed E-state index contributed by atoms with van der Waals surface area (Å²) in [5.41, 5.74) is -0.0399. The number of rotatable bonds is 6. The molecule has 0 radical (unpaired) electrons. The van der Waals surface area contributed by atoms with E-state index in [1.54, 1.807) is 6.07 Å². The lowest BCUT2D eigenvalue weighted by Gasteiger charge is -2.06. The van der Waals surface area contributed by atoms with Crippen molar-refractivity contribution in [2.24, 2.45) is 5.92 Å². The number of benzene rings is 1. The summed E-state index contributed by atoms with van der Waals surface area (Å²) in [4.78, 5) is 21.1. The molecule has 102 valence electrons. The molecule has 1 aromatic rings. The SMILES string of the molecule is CCCC1CC1Nc1ccc(C(=O)O)c([N+](=O)[O-])c1. The van der Waals surface area contributed by atoms with E-state index >= 15 is 0 Å². The third-order valence-corrected chi connectivity index (χ3v) is 3.36. The van der Waals surface area contributed by atoms with Gasteiger partial charge in [-0.3, -0.25) is 10.1 Å². The number of nitro groups is 1. The van der Waals surface area contributed by atoms with E-state index in [9.17, 15) is 14.9 Å². The Hall–Kier alpha value is -2.11. The highest BCUT2D eigenvalue weighted by Crippen LogP contribution is 2.37. The number of nitrogens with one attached hydrogen (secondary N) is 1. The number of nitro benzene ring substituents is 1. The quantitative estimate of drug-likeness (QED) is 0.608. The summed E-state index contributed by atoms with van der Waals surface area (Å²) >= 11 is 0. The van der Waals surface area contributed by atoms with Crippen molar-refractivity contribution in [3.63, 3.8) is 0 Å². The van der Waals surface area contributed by atoms with E-state index in [2.05, 4.69) is 12.2 Å². The van der Waals surface area contributed by atoms with Gasteiger partial charge in [0.05, 0.1) is 4.92 Å². The Morgan fingerprint density at radius 2 is 2.32 bits per heavy atom. The molecule has 0 aliphatic heterocycles. The lowest BCUT2D eigenvalue weighted by molar-refractivity contribution is -0.385. The van der Waals surface area contributed by atoms with Crippen molar-refractivity contribution in [2.45, 2.75) is 32.2 Å². The number of hydrogen-bond donors (Lipinski definition) is 2. The maximum atomic E-state index is 10.9. The second-order valence-electron chi connectivity index (χ2n) is 4.83. The third kappa shape index (κ3) is 3.01. The molecule has 0 saturated heterocycles. The summed E-state index contributed by atoms with van der Waals surface area (Å²) in [6.45, 7) is 2.13. The van der Waals surface area contributed by atoms with Gasteiger partial charge in [-0.15, -0.1) is 0 Å². The van der Waals surface area contributed by atoms with E-state index in [0.717, 1.165) is 19.3 Å². The average molecular weight is 264 g/mol. The van der Waals surface area contributed by atoms with Gasteiger partial charge in [0.1, 0.15) is 5.56 Å². The fourth-order valence-electron chi connectivity index (χ4n) is 2.28. The van der Waals surface area contributed by atoms with Crippen molar-refractivity contribution in [2.75, 3.05) is 5.32 Å². The van der Waals surface area contributed by atoms with Gasteiger partial charge in [0, 0.05) is 17.8 Å². The third-order valence-electron chi connectivity index (χ3n) is 3.36. The van der Waals surface area contributed by atoms with Gasteiger partial charge in [0.2, 0.25) is 0 Å². The second-order valence-corrected chi connectivity index (χ2v) is 4.83. The minimum Gasteiger partial charge on any atom is -0.477 e. The topological polar surface area (TPSA) is 92.5 Å². The van der Waals surface area contributed by atoms with Crippen LogP contribution < -0.4 is 5.32 Å². The Bertz CT molecular complexity index is 515. The predicted octanol–water partition coefficient (Wildman–Crippen LogP) is 2.89. The molecule has 0 amide bonds. The van der Waals surface area contributed by atoms with Crippen LogP contribution in [0.4, 0.5) is 11.4 Å². The van der Waals surface area contributed by atoms with Crippen molar-refractivity contribution in [1.82, 2.24) is 0 Å². The lowest BCUT2D eigenvalue weighted by atomic mass is 10.1. The summed E-state index contributed by atoms with van der Waals surface area (Å²) in [7, 11) is 0. The summed E-state index contributed by atoms with van der Waals surface area (Å²) < 4.78 is 0. The summed E-state index contributed by atoms with van der Waals surface area (Å²) in [6, 6.07) is 4.51. The summed E-state index contributed by atoms with van der Waals surface area (Å²) in [5, 5.41) is 23.0. The van der Waals surface area contributed by atoms with Gasteiger partial charge < -0.3 is 10.4 Å². The molecule has 19 heavy (non-hydrogen) atoms. The molecule has 1 saturated carbocycles. The standard InChI is InChI=1S/C13H16N2O4/c1-2-3-8-6-11(8)14-9-4-5-10(13(16)17)12(7-9)15(18)19/h4-5,7-8,11,14H,2-3,6H2,1H3,(H,16,17). The molecule has 0 aromatic heterocycles. The number of aromatic carboxylic acids is 1. The first kappa shape index (κ1) is 13.3. The van der Waals surface area contributed by atoms with Gasteiger partial charge in [-0.05, 0) is 30.9 Å². The molecule has 0 spiro atoms. The molecule has 2 N–H and O–H groups in total. The maximum Gasteiger partial charge on any atom is 0.342 e. The predicted molar refractivity (Wildman–Crippen MR) is 70.5 cm³/mol. The van der Waals surface area contributed by atoms with Crippen molar-refractivity contribution >= 4 is 17.3 Å². The number of carboxylic acid groups (broad SMARTS) is 1. The van der Waals surface area contributed by atoms with E-state index in [1.807, 2.05) is 0 Å². The molecule has 1 aliphatic carbocycles. The minimum atomic E-state index is -1.28. The fourth-order valence-corrected chi connectivity index (χ4v) is 2.28. The van der Waals surface area contributed by atoms with Gasteiger partial charge >= 0.3 is 5.97 Å². The van der Waals surface area contributed by atoms with Crippen LogP contribution in [0, 0.1) is 16.0 Å². The molecule has 2 unspecified atom stereocenters. The Morgan fingerprint density at radius 3 is 2.89 bits per heavy atom. The molecule has 2 rings (SSSR count). The van der Waals surface area contributed by atoms with E-state index in [1.165, 1.54) is 12.1 Å². The number of nitrogens with zero attached hydrogens (tertiary/aromatic N) is 1. The monoisotopic (exact) mass is 264 g/mol. The molecule has 0 heterocycles. The summed E-state index contributed by atoms with van der Waals surface area (Å²) in [6.07, 6.45) is 3.34. The van der Waals surface area contributed by atoms with Crippen LogP contribution in [0.2, 0.25) is 0 Å². The molecule has 6 nitrogen and oxygen atoms in total. The van der Waals surface area contributed by atoms with Crippen LogP contribution in [0.1, 0.15) is 36.5 Å². The Morgan fingerprint density at radius 1 is 1.58 bits per heavy atom. The molecule has 1 aliphatic rings. The fraction of sp³-hybridized carbons (Fsp3) is 0.462. The van der Waals surface area contributed by atoms with Crippen LogP contribution in [0.5, 0.6) is 0 Å². The van der Waals surface area contributed by atoms with Crippen molar-refractivity contribution in [3.05, 3.63) is 33.9 Å². The van der Waals surface area contributed by atoms with Crippen LogP contribution in [0.15, 0.2) is 18.2 Å². The molecular formula is C13H16N2O4. The van der Waals surface area contributed by atoms with Crippen LogP contribution >= 0.6 is 0 Å². The maximum absolute atomic E-state index is 10.9. The van der Waals surface area contributed by atoms with E-state index < -0.39 is 10.9 Å². The largest absolute Gasteiger partial charge is 0.477 e. The highest BCUT2D eigenvalue weighted by Gasteiger charge is 2.36. The first-order valence-corrected chi connectivity index (χ1v) is 6.31. The highest BCUT2D eigenvalue weighted by atomic mass is 16.6. The number of anilines is 1. The van der Waals surface area contributed by atoms with Crippen LogP contribution in [-0.4, -0.2) is 22.0 Å². The van der Waals surface area contributed by atoms with Crippen LogP contribution in [-0.2, 0) is 0 Å². The zero-order valence-electron chi connectivity index (χ0n) is 10.6. The number of carbonyl (C=O) groups is 1. The molecule has 6 heteroatoms. The Balaban J connectivity index is 2.13. The lowest BCUT2D eigenvalue weighted by Crippen LogP contribution is -2.07. The van der Waals surface area contributed by atoms with Gasteiger partial charge in [-0.2, -0.15) is 0 Å². The Kier molecular flexibility index (Phi) is 3.69. The van der Waals surface area contributed by atoms with Gasteiger partial charge in [-0.25, -0.2) is 4.79 Å². The molecular weight excluding hydrogens is 248 g/mol.